The van der Waals surface area contributed by atoms with Crippen molar-refractivity contribution in [1.29, 1.82) is 0 Å². The molecule has 9 heteroatoms. The molecule has 170 valence electrons. The minimum absolute atomic E-state index is 0.0262. The number of aromatic nitrogens is 3. The summed E-state index contributed by atoms with van der Waals surface area (Å²) in [6, 6.07) is 12.9. The molecular weight excluding hydrogens is 442 g/mol. The maximum atomic E-state index is 13.2. The van der Waals surface area contributed by atoms with Crippen LogP contribution in [0.25, 0.3) is 5.69 Å². The second-order valence-electron chi connectivity index (χ2n) is 8.02. The number of aliphatic imine (C=N–C) groups is 1. The highest BCUT2D eigenvalue weighted by atomic mass is 35.5. The molecule has 1 fully saturated rings. The summed E-state index contributed by atoms with van der Waals surface area (Å²) in [6.45, 7) is 4.18. The van der Waals surface area contributed by atoms with E-state index in [0.717, 1.165) is 28.4 Å². The van der Waals surface area contributed by atoms with E-state index in [2.05, 4.69) is 10.2 Å². The van der Waals surface area contributed by atoms with Gasteiger partial charge >= 0.3 is 0 Å². The number of hydrogen-bond acceptors (Lipinski definition) is 6. The first-order valence-electron chi connectivity index (χ1n) is 10.8. The number of ether oxygens (including phenoxy) is 2. The molecule has 0 N–H and O–H groups in total. The van der Waals surface area contributed by atoms with Crippen LogP contribution in [0.3, 0.4) is 0 Å². The first-order chi connectivity index (χ1) is 16.0. The average Bonchev–Trinajstić information content (AvgIpc) is 3.17. The van der Waals surface area contributed by atoms with Gasteiger partial charge in [-0.2, -0.15) is 0 Å². The van der Waals surface area contributed by atoms with Crippen molar-refractivity contribution in [2.45, 2.75) is 19.4 Å². The Hall–Kier alpha value is -3.23. The van der Waals surface area contributed by atoms with Crippen LogP contribution in [-0.4, -0.2) is 64.7 Å². The summed E-state index contributed by atoms with van der Waals surface area (Å²) in [4.78, 5) is 20.1. The fourth-order valence-electron chi connectivity index (χ4n) is 4.28. The highest BCUT2D eigenvalue weighted by Gasteiger charge is 2.31. The second kappa shape index (κ2) is 8.96. The lowest BCUT2D eigenvalue weighted by atomic mass is 10.00. The number of rotatable bonds is 4. The number of methoxy groups -OCH3 is 1. The van der Waals surface area contributed by atoms with Crippen molar-refractivity contribution in [2.24, 2.45) is 4.99 Å². The molecule has 0 saturated carbocycles. The molecule has 1 aromatic heterocycles. The number of amides is 1. The Bertz CT molecular complexity index is 1220. The molecule has 0 radical (unpaired) electrons. The third kappa shape index (κ3) is 4.12. The minimum atomic E-state index is -0.495. The van der Waals surface area contributed by atoms with E-state index >= 15 is 0 Å². The number of benzene rings is 2. The molecule has 2 aromatic carbocycles. The average molecular weight is 466 g/mol. The largest absolute Gasteiger partial charge is 0.497 e. The second-order valence-corrected chi connectivity index (χ2v) is 8.46. The first-order valence-corrected chi connectivity index (χ1v) is 11.2. The van der Waals surface area contributed by atoms with Gasteiger partial charge in [0.1, 0.15) is 17.6 Å². The van der Waals surface area contributed by atoms with Crippen LogP contribution in [-0.2, 0) is 9.53 Å². The van der Waals surface area contributed by atoms with Crippen LogP contribution >= 0.6 is 11.6 Å². The summed E-state index contributed by atoms with van der Waals surface area (Å²) in [7, 11) is 1.64. The molecule has 1 amide bonds. The Morgan fingerprint density at radius 3 is 2.64 bits per heavy atom. The third-order valence-electron chi connectivity index (χ3n) is 5.98. The predicted molar refractivity (Wildman–Crippen MR) is 124 cm³/mol. The van der Waals surface area contributed by atoms with E-state index in [-0.39, 0.29) is 12.3 Å². The summed E-state index contributed by atoms with van der Waals surface area (Å²) >= 11 is 6.15. The van der Waals surface area contributed by atoms with Crippen LogP contribution in [0.2, 0.25) is 5.02 Å². The highest BCUT2D eigenvalue weighted by Crippen LogP contribution is 2.34. The zero-order valence-electron chi connectivity index (χ0n) is 18.5. The number of carbonyl (C=O) groups excluding carboxylic acids is 1. The normalized spacial score (nSPS) is 17.6. The molecule has 8 nitrogen and oxygen atoms in total. The fraction of sp³-hybridized carbons (Fsp3) is 0.333. The van der Waals surface area contributed by atoms with Crippen molar-refractivity contribution < 1.29 is 14.3 Å². The van der Waals surface area contributed by atoms with Crippen molar-refractivity contribution in [3.8, 4) is 11.4 Å². The SMILES string of the molecule is COc1ccc2c(c1)C(c1ccc(Cl)cc1)=NC(CC(=O)N1CCOCC1)c1nnc(C)n1-2. The van der Waals surface area contributed by atoms with Gasteiger partial charge in [0.25, 0.3) is 0 Å². The molecule has 33 heavy (non-hydrogen) atoms. The number of aryl methyl sites for hydroxylation is 1. The lowest BCUT2D eigenvalue weighted by Gasteiger charge is -2.27. The van der Waals surface area contributed by atoms with Crippen LogP contribution in [0.15, 0.2) is 47.5 Å². The summed E-state index contributed by atoms with van der Waals surface area (Å²) in [5.74, 6) is 2.11. The Morgan fingerprint density at radius 1 is 1.15 bits per heavy atom. The van der Waals surface area contributed by atoms with Gasteiger partial charge in [-0.3, -0.25) is 14.4 Å². The van der Waals surface area contributed by atoms with Crippen molar-refractivity contribution in [2.75, 3.05) is 33.4 Å². The van der Waals surface area contributed by atoms with Gasteiger partial charge in [-0.15, -0.1) is 10.2 Å². The number of morpholine rings is 1. The summed E-state index contributed by atoms with van der Waals surface area (Å²) in [5.41, 5.74) is 3.42. The molecule has 1 atom stereocenters. The van der Waals surface area contributed by atoms with Gasteiger partial charge in [-0.05, 0) is 37.3 Å². The molecule has 3 heterocycles. The quantitative estimate of drug-likeness (QED) is 0.590. The standard InChI is InChI=1S/C24H24ClN5O3/c1-15-27-28-24-20(14-22(31)29-9-11-33-12-10-29)26-23(16-3-5-17(25)6-4-16)19-13-18(32-2)7-8-21(19)30(15)24/h3-8,13,20H,9-12,14H2,1-2H3. The van der Waals surface area contributed by atoms with E-state index in [1.165, 1.54) is 0 Å². The molecule has 0 spiro atoms. The Labute approximate surface area is 196 Å². The number of nitrogens with zero attached hydrogens (tertiary/aromatic N) is 5. The molecule has 0 aliphatic carbocycles. The molecule has 2 aliphatic rings. The number of carbonyl (C=O) groups is 1. The molecule has 0 bridgehead atoms. The maximum absolute atomic E-state index is 13.2. The number of hydrogen-bond donors (Lipinski definition) is 0. The van der Waals surface area contributed by atoms with Crippen molar-refractivity contribution >= 4 is 23.2 Å². The first kappa shape index (κ1) is 21.6. The van der Waals surface area contributed by atoms with Gasteiger partial charge in [-0.1, -0.05) is 23.7 Å². The Balaban J connectivity index is 1.66. The molecule has 5 rings (SSSR count). The zero-order valence-corrected chi connectivity index (χ0v) is 19.2. The van der Waals surface area contributed by atoms with E-state index in [4.69, 9.17) is 26.1 Å². The van der Waals surface area contributed by atoms with Gasteiger partial charge < -0.3 is 14.4 Å². The molecular formula is C24H24ClN5O3. The van der Waals surface area contributed by atoms with Crippen molar-refractivity contribution in [3.05, 3.63) is 70.3 Å². The van der Waals surface area contributed by atoms with E-state index in [1.807, 2.05) is 58.9 Å². The molecule has 1 saturated heterocycles. The van der Waals surface area contributed by atoms with Crippen LogP contribution in [0.4, 0.5) is 0 Å². The van der Waals surface area contributed by atoms with E-state index in [1.54, 1.807) is 7.11 Å². The monoisotopic (exact) mass is 465 g/mol. The Kier molecular flexibility index (Phi) is 5.86. The maximum Gasteiger partial charge on any atom is 0.225 e. The lowest BCUT2D eigenvalue weighted by Crippen LogP contribution is -2.41. The summed E-state index contributed by atoms with van der Waals surface area (Å²) in [6.07, 6.45) is 0.195. The highest BCUT2D eigenvalue weighted by molar-refractivity contribution is 6.30. The fourth-order valence-corrected chi connectivity index (χ4v) is 4.41. The predicted octanol–water partition coefficient (Wildman–Crippen LogP) is 3.38. The van der Waals surface area contributed by atoms with Gasteiger partial charge in [-0.25, -0.2) is 0 Å². The van der Waals surface area contributed by atoms with E-state index < -0.39 is 6.04 Å². The number of halogens is 1. The van der Waals surface area contributed by atoms with Crippen LogP contribution < -0.4 is 4.74 Å². The minimum Gasteiger partial charge on any atom is -0.497 e. The van der Waals surface area contributed by atoms with Gasteiger partial charge in [0.2, 0.25) is 5.91 Å². The number of fused-ring (bicyclic) bond motifs is 3. The van der Waals surface area contributed by atoms with E-state index in [0.29, 0.717) is 42.9 Å². The van der Waals surface area contributed by atoms with Crippen molar-refractivity contribution in [3.63, 3.8) is 0 Å². The third-order valence-corrected chi connectivity index (χ3v) is 6.23. The van der Waals surface area contributed by atoms with Crippen LogP contribution in [0.1, 0.15) is 35.2 Å². The summed E-state index contributed by atoms with van der Waals surface area (Å²) in [5, 5.41) is 9.39. The molecule has 3 aromatic rings. The van der Waals surface area contributed by atoms with Gasteiger partial charge in [0, 0.05) is 29.2 Å². The Morgan fingerprint density at radius 2 is 1.91 bits per heavy atom. The van der Waals surface area contributed by atoms with Gasteiger partial charge in [0.15, 0.2) is 5.82 Å². The smallest absolute Gasteiger partial charge is 0.225 e. The molecule has 1 unspecified atom stereocenters. The van der Waals surface area contributed by atoms with Crippen LogP contribution in [0, 0.1) is 6.92 Å². The molecule has 2 aliphatic heterocycles. The lowest BCUT2D eigenvalue weighted by molar-refractivity contribution is -0.135. The summed E-state index contributed by atoms with van der Waals surface area (Å²) < 4.78 is 12.9. The topological polar surface area (TPSA) is 81.8 Å². The van der Waals surface area contributed by atoms with Crippen molar-refractivity contribution in [1.82, 2.24) is 19.7 Å². The van der Waals surface area contributed by atoms with E-state index in [9.17, 15) is 4.79 Å². The van der Waals surface area contributed by atoms with Gasteiger partial charge in [0.05, 0.1) is 38.1 Å². The zero-order chi connectivity index (χ0) is 22.9. The van der Waals surface area contributed by atoms with Crippen LogP contribution in [0.5, 0.6) is 5.75 Å².